The molecule has 0 radical (unpaired) electrons. The zero-order valence-corrected chi connectivity index (χ0v) is 11.5. The Labute approximate surface area is 119 Å². The molecular formula is C14H15F3O4. The number of carboxylic acids is 1. The molecule has 116 valence electrons. The van der Waals surface area contributed by atoms with Gasteiger partial charge in [-0.3, -0.25) is 9.59 Å². The van der Waals surface area contributed by atoms with E-state index in [1.165, 1.54) is 32.0 Å². The zero-order valence-electron chi connectivity index (χ0n) is 11.5. The summed E-state index contributed by atoms with van der Waals surface area (Å²) in [5.41, 5.74) is -2.73. The highest BCUT2D eigenvalue weighted by Crippen LogP contribution is 2.39. The molecule has 1 atom stereocenters. The van der Waals surface area contributed by atoms with Crippen LogP contribution in [-0.4, -0.2) is 29.8 Å². The first kappa shape index (κ1) is 17.0. The van der Waals surface area contributed by atoms with Gasteiger partial charge in [-0.15, -0.1) is 0 Å². The molecular weight excluding hydrogens is 289 g/mol. The van der Waals surface area contributed by atoms with E-state index in [0.29, 0.717) is 0 Å². The number of alkyl halides is 3. The van der Waals surface area contributed by atoms with Crippen LogP contribution in [0, 0.1) is 6.92 Å². The molecule has 0 amide bonds. The van der Waals surface area contributed by atoms with Crippen LogP contribution in [0.1, 0.15) is 24.5 Å². The van der Waals surface area contributed by atoms with E-state index in [0.717, 1.165) is 0 Å². The van der Waals surface area contributed by atoms with Gasteiger partial charge in [0.15, 0.2) is 5.41 Å². The molecule has 0 aliphatic heterocycles. The Kier molecular flexibility index (Phi) is 4.98. The fourth-order valence-electron chi connectivity index (χ4n) is 2.16. The smallest absolute Gasteiger partial charge is 0.391 e. The van der Waals surface area contributed by atoms with Crippen molar-refractivity contribution in [1.29, 1.82) is 0 Å². The van der Waals surface area contributed by atoms with Crippen LogP contribution >= 0.6 is 0 Å². The van der Waals surface area contributed by atoms with Gasteiger partial charge in [-0.25, -0.2) is 0 Å². The lowest BCUT2D eigenvalue weighted by Crippen LogP contribution is -2.48. The van der Waals surface area contributed by atoms with Gasteiger partial charge in [-0.05, 0) is 25.0 Å². The summed E-state index contributed by atoms with van der Waals surface area (Å²) >= 11 is 0. The number of rotatable bonds is 5. The average Bonchev–Trinajstić information content (AvgIpc) is 2.35. The Balaban J connectivity index is 3.56. The van der Waals surface area contributed by atoms with Crippen LogP contribution in [0.25, 0.3) is 0 Å². The predicted octanol–water partition coefficient (Wildman–Crippen LogP) is 2.83. The summed E-state index contributed by atoms with van der Waals surface area (Å²) in [6.45, 7) is 2.64. The number of halogens is 3. The van der Waals surface area contributed by atoms with Gasteiger partial charge >= 0.3 is 18.1 Å². The standard InChI is InChI=1S/C14H15F3O4/c1-3-21-12(20)13(11(18)19,8-14(15,16)17)10-7-5-4-6-9(10)2/h4-7H,3,8H2,1-2H3,(H,18,19). The summed E-state index contributed by atoms with van der Waals surface area (Å²) in [5.74, 6) is -3.29. The van der Waals surface area contributed by atoms with Crippen LogP contribution in [0.2, 0.25) is 0 Å². The van der Waals surface area contributed by atoms with Crippen LogP contribution in [0.4, 0.5) is 13.2 Å². The topological polar surface area (TPSA) is 63.6 Å². The van der Waals surface area contributed by atoms with Gasteiger partial charge in [-0.1, -0.05) is 24.3 Å². The first-order chi connectivity index (χ1) is 9.65. The lowest BCUT2D eigenvalue weighted by atomic mass is 9.75. The normalized spacial score (nSPS) is 14.3. The molecule has 1 aromatic carbocycles. The van der Waals surface area contributed by atoms with E-state index in [-0.39, 0.29) is 17.7 Å². The van der Waals surface area contributed by atoms with Crippen molar-refractivity contribution in [3.63, 3.8) is 0 Å². The second-order valence-electron chi connectivity index (χ2n) is 4.54. The maximum atomic E-state index is 12.9. The third-order valence-corrected chi connectivity index (χ3v) is 3.06. The zero-order chi connectivity index (χ0) is 16.3. The van der Waals surface area contributed by atoms with E-state index >= 15 is 0 Å². The van der Waals surface area contributed by atoms with E-state index < -0.39 is 30.0 Å². The van der Waals surface area contributed by atoms with Gasteiger partial charge in [0.05, 0.1) is 13.0 Å². The van der Waals surface area contributed by atoms with Crippen molar-refractivity contribution in [3.05, 3.63) is 35.4 Å². The highest BCUT2D eigenvalue weighted by atomic mass is 19.4. The van der Waals surface area contributed by atoms with E-state index in [4.69, 9.17) is 0 Å². The van der Waals surface area contributed by atoms with Crippen LogP contribution in [0.15, 0.2) is 24.3 Å². The molecule has 1 aromatic rings. The van der Waals surface area contributed by atoms with Crippen LogP contribution in [-0.2, 0) is 19.7 Å². The molecule has 0 saturated heterocycles. The van der Waals surface area contributed by atoms with Crippen molar-refractivity contribution in [3.8, 4) is 0 Å². The Bertz CT molecular complexity index is 539. The SMILES string of the molecule is CCOC(=O)C(CC(F)(F)F)(C(=O)O)c1ccccc1C. The van der Waals surface area contributed by atoms with Gasteiger partial charge in [-0.2, -0.15) is 13.2 Å². The second-order valence-corrected chi connectivity index (χ2v) is 4.54. The fraction of sp³-hybridized carbons (Fsp3) is 0.429. The molecule has 0 heterocycles. The van der Waals surface area contributed by atoms with Crippen molar-refractivity contribution in [2.24, 2.45) is 0 Å². The van der Waals surface area contributed by atoms with Gasteiger partial charge in [0, 0.05) is 0 Å². The molecule has 4 nitrogen and oxygen atoms in total. The molecule has 21 heavy (non-hydrogen) atoms. The Morgan fingerprint density at radius 2 is 1.81 bits per heavy atom. The summed E-state index contributed by atoms with van der Waals surface area (Å²) in [6, 6.07) is 5.58. The van der Waals surface area contributed by atoms with Gasteiger partial charge < -0.3 is 9.84 Å². The second kappa shape index (κ2) is 6.15. The molecule has 0 aliphatic rings. The lowest BCUT2D eigenvalue weighted by molar-refractivity contribution is -0.182. The Morgan fingerprint density at radius 3 is 2.24 bits per heavy atom. The predicted molar refractivity (Wildman–Crippen MR) is 67.8 cm³/mol. The van der Waals surface area contributed by atoms with Crippen LogP contribution in [0.3, 0.4) is 0 Å². The van der Waals surface area contributed by atoms with E-state index in [2.05, 4.69) is 4.74 Å². The van der Waals surface area contributed by atoms with E-state index in [1.807, 2.05) is 0 Å². The summed E-state index contributed by atoms with van der Waals surface area (Å²) in [6.07, 6.45) is -6.66. The van der Waals surface area contributed by atoms with E-state index in [9.17, 15) is 27.9 Å². The van der Waals surface area contributed by atoms with Crippen molar-refractivity contribution in [2.45, 2.75) is 31.9 Å². The number of ether oxygens (including phenoxy) is 1. The van der Waals surface area contributed by atoms with Crippen molar-refractivity contribution < 1.29 is 32.6 Å². The van der Waals surface area contributed by atoms with Gasteiger partial charge in [0.25, 0.3) is 0 Å². The van der Waals surface area contributed by atoms with Crippen molar-refractivity contribution in [1.82, 2.24) is 0 Å². The summed E-state index contributed by atoms with van der Waals surface area (Å²) < 4.78 is 43.2. The fourth-order valence-corrected chi connectivity index (χ4v) is 2.16. The number of esters is 1. The molecule has 0 spiro atoms. The number of hydrogen-bond acceptors (Lipinski definition) is 3. The molecule has 1 rings (SSSR count). The van der Waals surface area contributed by atoms with Gasteiger partial charge in [0.1, 0.15) is 0 Å². The number of aliphatic carboxylic acids is 1. The minimum atomic E-state index is -4.84. The summed E-state index contributed by atoms with van der Waals surface area (Å²) in [5, 5.41) is 9.36. The number of benzene rings is 1. The van der Waals surface area contributed by atoms with Crippen molar-refractivity contribution >= 4 is 11.9 Å². The minimum Gasteiger partial charge on any atom is -0.480 e. The molecule has 0 bridgehead atoms. The third kappa shape index (κ3) is 3.53. The average molecular weight is 304 g/mol. The number of carbonyl (C=O) groups excluding carboxylic acids is 1. The Hall–Kier alpha value is -2.05. The first-order valence-electron chi connectivity index (χ1n) is 6.18. The maximum absolute atomic E-state index is 12.9. The molecule has 0 fully saturated rings. The first-order valence-corrected chi connectivity index (χ1v) is 6.18. The van der Waals surface area contributed by atoms with Crippen molar-refractivity contribution in [2.75, 3.05) is 6.61 Å². The highest BCUT2D eigenvalue weighted by Gasteiger charge is 2.56. The molecule has 7 heteroatoms. The molecule has 1 unspecified atom stereocenters. The van der Waals surface area contributed by atoms with Crippen LogP contribution in [0.5, 0.6) is 0 Å². The number of carbonyl (C=O) groups is 2. The van der Waals surface area contributed by atoms with Gasteiger partial charge in [0.2, 0.25) is 0 Å². The largest absolute Gasteiger partial charge is 0.480 e. The van der Waals surface area contributed by atoms with Crippen LogP contribution < -0.4 is 0 Å². The number of carboxylic acid groups (broad SMARTS) is 1. The molecule has 0 aliphatic carbocycles. The monoisotopic (exact) mass is 304 g/mol. The molecule has 1 N–H and O–H groups in total. The summed E-state index contributed by atoms with van der Waals surface area (Å²) in [7, 11) is 0. The Morgan fingerprint density at radius 1 is 1.24 bits per heavy atom. The summed E-state index contributed by atoms with van der Waals surface area (Å²) in [4.78, 5) is 23.6. The molecule has 0 saturated carbocycles. The number of hydrogen-bond donors (Lipinski definition) is 1. The lowest BCUT2D eigenvalue weighted by Gasteiger charge is -2.29. The molecule has 0 aromatic heterocycles. The van der Waals surface area contributed by atoms with E-state index in [1.54, 1.807) is 6.07 Å². The third-order valence-electron chi connectivity index (χ3n) is 3.06. The number of aryl methyl sites for hydroxylation is 1. The minimum absolute atomic E-state index is 0.211. The quantitative estimate of drug-likeness (QED) is 0.671. The maximum Gasteiger partial charge on any atom is 0.391 e. The highest BCUT2D eigenvalue weighted by molar-refractivity contribution is 6.06.